The number of aliphatic hydroxyl groups excluding tert-OH is 1. The highest BCUT2D eigenvalue weighted by atomic mass is 16.3. The smallest absolute Gasteiger partial charge is 0.0645 e. The fourth-order valence-corrected chi connectivity index (χ4v) is 1.80. The second-order valence-electron chi connectivity index (χ2n) is 4.31. The van der Waals surface area contributed by atoms with E-state index in [1.807, 2.05) is 47.4 Å². The van der Waals surface area contributed by atoms with Gasteiger partial charge in [0.25, 0.3) is 0 Å². The second kappa shape index (κ2) is 6.33. The van der Waals surface area contributed by atoms with Gasteiger partial charge in [-0.25, -0.2) is 4.68 Å². The Morgan fingerprint density at radius 1 is 1.33 bits per heavy atom. The van der Waals surface area contributed by atoms with Gasteiger partial charge < -0.3 is 10.4 Å². The molecule has 1 aromatic heterocycles. The van der Waals surface area contributed by atoms with Gasteiger partial charge >= 0.3 is 0 Å². The minimum atomic E-state index is 0.225. The lowest BCUT2D eigenvalue weighted by Crippen LogP contribution is -2.20. The first kappa shape index (κ1) is 12.8. The summed E-state index contributed by atoms with van der Waals surface area (Å²) in [6.45, 7) is 3.14. The molecule has 96 valence electrons. The lowest BCUT2D eigenvalue weighted by Gasteiger charge is -2.10. The van der Waals surface area contributed by atoms with Gasteiger partial charge in [0.2, 0.25) is 0 Å². The number of hydrogen-bond acceptors (Lipinski definition) is 3. The standard InChI is InChI=1S/C14H19N3O/c1-12(15-8-5-9-18)13-10-16-17(11-13)14-6-3-2-4-7-14/h2-4,6-7,10-12,15,18H,5,8-9H2,1H3. The molecule has 2 N–H and O–H groups in total. The Morgan fingerprint density at radius 2 is 2.11 bits per heavy atom. The number of rotatable bonds is 6. The van der Waals surface area contributed by atoms with Crippen LogP contribution in [0.4, 0.5) is 0 Å². The first-order valence-corrected chi connectivity index (χ1v) is 6.25. The van der Waals surface area contributed by atoms with Crippen LogP contribution in [0.5, 0.6) is 0 Å². The van der Waals surface area contributed by atoms with Crippen LogP contribution >= 0.6 is 0 Å². The number of nitrogens with zero attached hydrogens (tertiary/aromatic N) is 2. The van der Waals surface area contributed by atoms with E-state index in [0.717, 1.165) is 24.2 Å². The molecule has 0 aliphatic heterocycles. The van der Waals surface area contributed by atoms with Gasteiger partial charge in [-0.3, -0.25) is 0 Å². The predicted molar refractivity (Wildman–Crippen MR) is 71.7 cm³/mol. The summed E-state index contributed by atoms with van der Waals surface area (Å²) >= 11 is 0. The molecule has 0 amide bonds. The Hall–Kier alpha value is -1.65. The zero-order chi connectivity index (χ0) is 12.8. The largest absolute Gasteiger partial charge is 0.396 e. The Labute approximate surface area is 107 Å². The molecular weight excluding hydrogens is 226 g/mol. The molecule has 0 saturated carbocycles. The minimum absolute atomic E-state index is 0.225. The molecule has 0 spiro atoms. The average Bonchev–Trinajstić information content (AvgIpc) is 2.89. The molecule has 18 heavy (non-hydrogen) atoms. The summed E-state index contributed by atoms with van der Waals surface area (Å²) in [4.78, 5) is 0. The van der Waals surface area contributed by atoms with Crippen molar-refractivity contribution in [1.82, 2.24) is 15.1 Å². The number of nitrogens with one attached hydrogen (secondary N) is 1. The van der Waals surface area contributed by atoms with Crippen molar-refractivity contribution in [1.29, 1.82) is 0 Å². The van der Waals surface area contributed by atoms with E-state index in [4.69, 9.17) is 5.11 Å². The highest BCUT2D eigenvalue weighted by Gasteiger charge is 2.07. The summed E-state index contributed by atoms with van der Waals surface area (Å²) in [5, 5.41) is 16.5. The van der Waals surface area contributed by atoms with Crippen LogP contribution in [-0.2, 0) is 0 Å². The normalized spacial score (nSPS) is 12.6. The van der Waals surface area contributed by atoms with Gasteiger partial charge in [0.1, 0.15) is 0 Å². The van der Waals surface area contributed by atoms with Crippen molar-refractivity contribution in [3.63, 3.8) is 0 Å². The molecule has 4 nitrogen and oxygen atoms in total. The molecule has 1 unspecified atom stereocenters. The van der Waals surface area contributed by atoms with Gasteiger partial charge in [0.15, 0.2) is 0 Å². The molecule has 1 heterocycles. The topological polar surface area (TPSA) is 50.1 Å². The molecule has 2 rings (SSSR count). The molecule has 4 heteroatoms. The summed E-state index contributed by atoms with van der Waals surface area (Å²) in [6, 6.07) is 10.3. The molecule has 1 atom stereocenters. The van der Waals surface area contributed by atoms with Crippen molar-refractivity contribution in [2.24, 2.45) is 0 Å². The second-order valence-corrected chi connectivity index (χ2v) is 4.31. The van der Waals surface area contributed by atoms with Gasteiger partial charge in [-0.1, -0.05) is 18.2 Å². The van der Waals surface area contributed by atoms with Crippen molar-refractivity contribution in [3.8, 4) is 5.69 Å². The van der Waals surface area contributed by atoms with Crippen LogP contribution in [0.3, 0.4) is 0 Å². The number of hydrogen-bond donors (Lipinski definition) is 2. The molecule has 0 radical (unpaired) electrons. The number of benzene rings is 1. The number of para-hydroxylation sites is 1. The SMILES string of the molecule is CC(NCCCO)c1cnn(-c2ccccc2)c1. The van der Waals surface area contributed by atoms with Crippen LogP contribution in [0.2, 0.25) is 0 Å². The molecule has 0 bridgehead atoms. The third-order valence-corrected chi connectivity index (χ3v) is 2.91. The Balaban J connectivity index is 2.02. The van der Waals surface area contributed by atoms with Gasteiger partial charge in [-0.2, -0.15) is 5.10 Å². The molecule has 0 aliphatic carbocycles. The van der Waals surface area contributed by atoms with E-state index < -0.39 is 0 Å². The third-order valence-electron chi connectivity index (χ3n) is 2.91. The maximum absolute atomic E-state index is 8.75. The van der Waals surface area contributed by atoms with E-state index in [0.29, 0.717) is 0 Å². The van der Waals surface area contributed by atoms with Crippen LogP contribution in [-0.4, -0.2) is 28.0 Å². The lowest BCUT2D eigenvalue weighted by molar-refractivity contribution is 0.284. The monoisotopic (exact) mass is 245 g/mol. The maximum atomic E-state index is 8.75. The van der Waals surface area contributed by atoms with E-state index in [-0.39, 0.29) is 12.6 Å². The summed E-state index contributed by atoms with van der Waals surface area (Å²) < 4.78 is 1.87. The zero-order valence-corrected chi connectivity index (χ0v) is 10.6. The van der Waals surface area contributed by atoms with Crippen molar-refractivity contribution < 1.29 is 5.11 Å². The highest BCUT2D eigenvalue weighted by molar-refractivity contribution is 5.31. The van der Waals surface area contributed by atoms with Crippen molar-refractivity contribution in [2.45, 2.75) is 19.4 Å². The predicted octanol–water partition coefficient (Wildman–Crippen LogP) is 1.91. The highest BCUT2D eigenvalue weighted by Crippen LogP contribution is 2.13. The third kappa shape index (κ3) is 3.18. The molecule has 1 aromatic carbocycles. The summed E-state index contributed by atoms with van der Waals surface area (Å²) in [7, 11) is 0. The Morgan fingerprint density at radius 3 is 2.83 bits per heavy atom. The van der Waals surface area contributed by atoms with Gasteiger partial charge in [-0.05, 0) is 32.0 Å². The van der Waals surface area contributed by atoms with Crippen LogP contribution < -0.4 is 5.32 Å². The van der Waals surface area contributed by atoms with E-state index >= 15 is 0 Å². The fraction of sp³-hybridized carbons (Fsp3) is 0.357. The minimum Gasteiger partial charge on any atom is -0.396 e. The molecule has 0 saturated heterocycles. The molecule has 2 aromatic rings. The molecule has 0 aliphatic rings. The Kier molecular flexibility index (Phi) is 4.50. The summed E-state index contributed by atoms with van der Waals surface area (Å²) in [5.41, 5.74) is 2.21. The van der Waals surface area contributed by atoms with Gasteiger partial charge in [0.05, 0.1) is 11.9 Å². The first-order valence-electron chi connectivity index (χ1n) is 6.25. The van der Waals surface area contributed by atoms with Gasteiger partial charge in [0, 0.05) is 24.4 Å². The first-order chi connectivity index (χ1) is 8.81. The fourth-order valence-electron chi connectivity index (χ4n) is 1.80. The van der Waals surface area contributed by atoms with Crippen LogP contribution in [0.1, 0.15) is 24.9 Å². The number of aliphatic hydroxyl groups is 1. The quantitative estimate of drug-likeness (QED) is 0.764. The Bertz CT molecular complexity index is 467. The van der Waals surface area contributed by atoms with E-state index in [2.05, 4.69) is 17.3 Å². The lowest BCUT2D eigenvalue weighted by atomic mass is 10.2. The summed E-state index contributed by atoms with van der Waals surface area (Å²) in [5.74, 6) is 0. The van der Waals surface area contributed by atoms with Crippen molar-refractivity contribution in [2.75, 3.05) is 13.2 Å². The average molecular weight is 245 g/mol. The zero-order valence-electron chi connectivity index (χ0n) is 10.6. The van der Waals surface area contributed by atoms with E-state index in [1.54, 1.807) is 0 Å². The van der Waals surface area contributed by atoms with E-state index in [1.165, 1.54) is 0 Å². The summed E-state index contributed by atoms with van der Waals surface area (Å²) in [6.07, 6.45) is 4.69. The van der Waals surface area contributed by atoms with Crippen LogP contribution in [0.15, 0.2) is 42.7 Å². The maximum Gasteiger partial charge on any atom is 0.0645 e. The van der Waals surface area contributed by atoms with Gasteiger partial charge in [-0.15, -0.1) is 0 Å². The molecular formula is C14H19N3O. The van der Waals surface area contributed by atoms with Crippen molar-refractivity contribution >= 4 is 0 Å². The number of aromatic nitrogens is 2. The van der Waals surface area contributed by atoms with Crippen LogP contribution in [0, 0.1) is 0 Å². The van der Waals surface area contributed by atoms with Crippen LogP contribution in [0.25, 0.3) is 5.69 Å². The van der Waals surface area contributed by atoms with Crippen molar-refractivity contribution in [3.05, 3.63) is 48.3 Å². The van der Waals surface area contributed by atoms with E-state index in [9.17, 15) is 0 Å². The molecule has 0 fully saturated rings.